The van der Waals surface area contributed by atoms with Crippen LogP contribution in [0.5, 0.6) is 0 Å². The first-order valence-corrected chi connectivity index (χ1v) is 8.30. The first kappa shape index (κ1) is 22.0. The minimum absolute atomic E-state index is 0. The molecule has 1 aromatic heterocycles. The number of halogens is 2. The Labute approximate surface area is 166 Å². The molecule has 0 bridgehead atoms. The lowest BCUT2D eigenvalue weighted by Crippen LogP contribution is -2.27. The number of carbonyl (C=O) groups is 1. The first-order chi connectivity index (χ1) is 11.6. The fourth-order valence-corrected chi connectivity index (χ4v) is 2.86. The Balaban J connectivity index is 0.00000169. The summed E-state index contributed by atoms with van der Waals surface area (Å²) in [6, 6.07) is 15.1. The number of hydrogen-bond donors (Lipinski definition) is 2. The summed E-state index contributed by atoms with van der Waals surface area (Å²) in [4.78, 5) is 12.4. The number of benzene rings is 2. The van der Waals surface area contributed by atoms with Gasteiger partial charge in [-0.15, -0.1) is 24.8 Å². The summed E-state index contributed by atoms with van der Waals surface area (Å²) in [6.45, 7) is 5.16. The quantitative estimate of drug-likeness (QED) is 0.651. The number of hydrogen-bond acceptors (Lipinski definition) is 2. The lowest BCUT2D eigenvalue weighted by molar-refractivity contribution is -0.117. The first-order valence-electron chi connectivity index (χ1n) is 8.30. The molecule has 3 aromatic rings. The molecule has 0 fully saturated rings. The number of anilines is 1. The van der Waals surface area contributed by atoms with Crippen molar-refractivity contribution in [2.75, 3.05) is 5.32 Å². The third-order valence-electron chi connectivity index (χ3n) is 4.22. The van der Waals surface area contributed by atoms with Gasteiger partial charge in [-0.3, -0.25) is 4.79 Å². The molecule has 0 aliphatic carbocycles. The number of amides is 1. The minimum atomic E-state index is -0.675. The topological polar surface area (TPSA) is 60.0 Å². The van der Waals surface area contributed by atoms with E-state index in [0.717, 1.165) is 35.2 Å². The van der Waals surface area contributed by atoms with Crippen LogP contribution < -0.4 is 11.1 Å². The SMILES string of the molecule is CCCn1ccc2cc(NC(=O)C(N)c3ccc(C)cc3)ccc21.Cl.Cl. The van der Waals surface area contributed by atoms with Gasteiger partial charge in [0.2, 0.25) is 5.91 Å². The molecule has 0 spiro atoms. The van der Waals surface area contributed by atoms with Gasteiger partial charge in [-0.1, -0.05) is 36.8 Å². The normalized spacial score (nSPS) is 11.3. The Morgan fingerprint density at radius 2 is 1.81 bits per heavy atom. The number of nitrogens with one attached hydrogen (secondary N) is 1. The second-order valence-electron chi connectivity index (χ2n) is 6.16. The maximum atomic E-state index is 12.4. The van der Waals surface area contributed by atoms with E-state index >= 15 is 0 Å². The molecule has 140 valence electrons. The molecule has 0 aliphatic rings. The lowest BCUT2D eigenvalue weighted by Gasteiger charge is -2.13. The summed E-state index contributed by atoms with van der Waals surface area (Å²) < 4.78 is 2.22. The van der Waals surface area contributed by atoms with Crippen molar-refractivity contribution in [3.8, 4) is 0 Å². The minimum Gasteiger partial charge on any atom is -0.347 e. The molecule has 4 nitrogen and oxygen atoms in total. The van der Waals surface area contributed by atoms with E-state index in [1.54, 1.807) is 0 Å². The lowest BCUT2D eigenvalue weighted by atomic mass is 10.1. The molecule has 0 saturated carbocycles. The van der Waals surface area contributed by atoms with E-state index in [9.17, 15) is 4.79 Å². The van der Waals surface area contributed by atoms with Gasteiger partial charge in [0, 0.05) is 29.3 Å². The fourth-order valence-electron chi connectivity index (χ4n) is 2.86. The Hall–Kier alpha value is -2.01. The van der Waals surface area contributed by atoms with E-state index in [1.807, 2.05) is 49.4 Å². The van der Waals surface area contributed by atoms with Gasteiger partial charge in [0.25, 0.3) is 0 Å². The molecule has 2 aromatic carbocycles. The number of aryl methyl sites for hydroxylation is 2. The molecule has 0 saturated heterocycles. The zero-order chi connectivity index (χ0) is 17.1. The standard InChI is InChI=1S/C20H23N3O.2ClH/c1-3-11-23-12-10-16-13-17(8-9-18(16)23)22-20(24)19(21)15-6-4-14(2)5-7-15;;/h4-10,12-13,19H,3,11,21H2,1-2H3,(H,22,24);2*1H. The number of nitrogens with zero attached hydrogens (tertiary/aromatic N) is 1. The van der Waals surface area contributed by atoms with Crippen LogP contribution in [0, 0.1) is 6.92 Å². The monoisotopic (exact) mass is 393 g/mol. The van der Waals surface area contributed by atoms with Crippen molar-refractivity contribution < 1.29 is 4.79 Å². The molecule has 1 atom stereocenters. The van der Waals surface area contributed by atoms with Crippen molar-refractivity contribution in [2.24, 2.45) is 5.73 Å². The molecule has 1 heterocycles. The van der Waals surface area contributed by atoms with Gasteiger partial charge >= 0.3 is 0 Å². The maximum Gasteiger partial charge on any atom is 0.245 e. The summed E-state index contributed by atoms with van der Waals surface area (Å²) in [5, 5.41) is 4.03. The highest BCUT2D eigenvalue weighted by molar-refractivity contribution is 5.97. The average Bonchev–Trinajstić information content (AvgIpc) is 2.97. The molecular weight excluding hydrogens is 369 g/mol. The van der Waals surface area contributed by atoms with Gasteiger partial charge in [-0.2, -0.15) is 0 Å². The molecule has 0 radical (unpaired) electrons. The second kappa shape index (κ2) is 9.62. The Kier molecular flexibility index (Phi) is 8.15. The predicted octanol–water partition coefficient (Wildman–Crippen LogP) is 4.84. The Morgan fingerprint density at radius 3 is 2.46 bits per heavy atom. The molecule has 26 heavy (non-hydrogen) atoms. The predicted molar refractivity (Wildman–Crippen MR) is 113 cm³/mol. The van der Waals surface area contributed by atoms with Crippen molar-refractivity contribution in [2.45, 2.75) is 32.9 Å². The molecule has 0 aliphatic heterocycles. The summed E-state index contributed by atoms with van der Waals surface area (Å²) >= 11 is 0. The molecule has 1 amide bonds. The summed E-state index contributed by atoms with van der Waals surface area (Å²) in [5.74, 6) is -0.203. The number of aromatic nitrogens is 1. The van der Waals surface area contributed by atoms with Crippen LogP contribution in [-0.4, -0.2) is 10.5 Å². The third kappa shape index (κ3) is 4.79. The van der Waals surface area contributed by atoms with E-state index in [-0.39, 0.29) is 30.7 Å². The zero-order valence-electron chi connectivity index (χ0n) is 14.9. The fraction of sp³-hybridized carbons (Fsp3) is 0.250. The Morgan fingerprint density at radius 1 is 1.12 bits per heavy atom. The van der Waals surface area contributed by atoms with Crippen LogP contribution in [0.1, 0.15) is 30.5 Å². The number of rotatable bonds is 5. The third-order valence-corrected chi connectivity index (χ3v) is 4.22. The van der Waals surface area contributed by atoms with Gasteiger partial charge in [0.15, 0.2) is 0 Å². The van der Waals surface area contributed by atoms with E-state index in [1.165, 1.54) is 5.52 Å². The van der Waals surface area contributed by atoms with E-state index in [2.05, 4.69) is 29.1 Å². The van der Waals surface area contributed by atoms with Crippen LogP contribution in [0.3, 0.4) is 0 Å². The molecular formula is C20H25Cl2N3O. The highest BCUT2D eigenvalue weighted by atomic mass is 35.5. The highest BCUT2D eigenvalue weighted by Crippen LogP contribution is 2.22. The summed E-state index contributed by atoms with van der Waals surface area (Å²) in [7, 11) is 0. The number of nitrogens with two attached hydrogens (primary N) is 1. The van der Waals surface area contributed by atoms with Gasteiger partial charge in [-0.25, -0.2) is 0 Å². The van der Waals surface area contributed by atoms with Gasteiger partial charge < -0.3 is 15.6 Å². The molecule has 1 unspecified atom stereocenters. The van der Waals surface area contributed by atoms with Crippen molar-refractivity contribution in [3.63, 3.8) is 0 Å². The van der Waals surface area contributed by atoms with Crippen LogP contribution in [0.15, 0.2) is 54.7 Å². The summed E-state index contributed by atoms with van der Waals surface area (Å²) in [5.41, 5.74) is 9.98. The zero-order valence-corrected chi connectivity index (χ0v) is 16.6. The van der Waals surface area contributed by atoms with Crippen molar-refractivity contribution in [3.05, 3.63) is 65.9 Å². The van der Waals surface area contributed by atoms with Gasteiger partial charge in [0.05, 0.1) is 0 Å². The van der Waals surface area contributed by atoms with Gasteiger partial charge in [-0.05, 0) is 43.2 Å². The van der Waals surface area contributed by atoms with Crippen LogP contribution >= 0.6 is 24.8 Å². The number of fused-ring (bicyclic) bond motifs is 1. The van der Waals surface area contributed by atoms with E-state index < -0.39 is 6.04 Å². The van der Waals surface area contributed by atoms with Crippen molar-refractivity contribution in [1.29, 1.82) is 0 Å². The van der Waals surface area contributed by atoms with E-state index in [4.69, 9.17) is 5.73 Å². The van der Waals surface area contributed by atoms with E-state index in [0.29, 0.717) is 0 Å². The maximum absolute atomic E-state index is 12.4. The molecule has 6 heteroatoms. The summed E-state index contributed by atoms with van der Waals surface area (Å²) in [6.07, 6.45) is 3.17. The average molecular weight is 394 g/mol. The van der Waals surface area contributed by atoms with Crippen LogP contribution in [0.25, 0.3) is 10.9 Å². The highest BCUT2D eigenvalue weighted by Gasteiger charge is 2.16. The van der Waals surface area contributed by atoms with Gasteiger partial charge in [0.1, 0.15) is 6.04 Å². The smallest absolute Gasteiger partial charge is 0.245 e. The number of carbonyl (C=O) groups excluding carboxylic acids is 1. The largest absolute Gasteiger partial charge is 0.347 e. The molecule has 3 rings (SSSR count). The van der Waals surface area contributed by atoms with Crippen molar-refractivity contribution in [1.82, 2.24) is 4.57 Å². The van der Waals surface area contributed by atoms with Crippen molar-refractivity contribution >= 4 is 47.3 Å². The second-order valence-corrected chi connectivity index (χ2v) is 6.16. The van der Waals surface area contributed by atoms with Crippen LogP contribution in [0.4, 0.5) is 5.69 Å². The van der Waals surface area contributed by atoms with Crippen LogP contribution in [-0.2, 0) is 11.3 Å². The van der Waals surface area contributed by atoms with Crippen LogP contribution in [0.2, 0.25) is 0 Å². The molecule has 3 N–H and O–H groups in total. The Bertz CT molecular complexity index is 859.